The van der Waals surface area contributed by atoms with Crippen molar-refractivity contribution in [3.63, 3.8) is 0 Å². The van der Waals surface area contributed by atoms with Crippen molar-refractivity contribution in [1.82, 2.24) is 4.90 Å². The smallest absolute Gasteiger partial charge is 0.129 e. The second-order valence-electron chi connectivity index (χ2n) is 5.96. The molecule has 0 aliphatic carbocycles. The number of benzene rings is 2. The van der Waals surface area contributed by atoms with Crippen molar-refractivity contribution in [1.29, 1.82) is 0 Å². The predicted octanol–water partition coefficient (Wildman–Crippen LogP) is 5.69. The fourth-order valence-electron chi connectivity index (χ4n) is 2.41. The van der Waals surface area contributed by atoms with Gasteiger partial charge in [-0.3, -0.25) is 0 Å². The summed E-state index contributed by atoms with van der Waals surface area (Å²) in [6.07, 6.45) is 1.75. The highest BCUT2D eigenvalue weighted by molar-refractivity contribution is 6.33. The zero-order valence-electron chi connectivity index (χ0n) is 14.9. The summed E-state index contributed by atoms with van der Waals surface area (Å²) in [5.74, 6) is -0.313. The molecule has 0 bridgehead atoms. The molecule has 0 saturated heterocycles. The van der Waals surface area contributed by atoms with E-state index in [9.17, 15) is 4.39 Å². The summed E-state index contributed by atoms with van der Waals surface area (Å²) < 4.78 is 14.0. The Morgan fingerprint density at radius 2 is 1.88 bits per heavy atom. The SMILES string of the molecule is CCN(C)/C=N\c1cc(C)c(N(C)Cc2c(F)cccc2Cl)cc1Cl. The van der Waals surface area contributed by atoms with Gasteiger partial charge in [0.25, 0.3) is 0 Å². The largest absolute Gasteiger partial charge is 0.370 e. The molecule has 0 spiro atoms. The van der Waals surface area contributed by atoms with Crippen LogP contribution in [0.2, 0.25) is 10.0 Å². The first kappa shape index (κ1) is 19.5. The van der Waals surface area contributed by atoms with Gasteiger partial charge >= 0.3 is 0 Å². The van der Waals surface area contributed by atoms with Crippen LogP contribution in [-0.2, 0) is 6.54 Å². The molecule has 134 valence electrons. The maximum absolute atomic E-state index is 14.0. The molecule has 0 unspecified atom stereocenters. The van der Waals surface area contributed by atoms with Crippen LogP contribution in [0.4, 0.5) is 15.8 Å². The third-order valence-corrected chi connectivity index (χ3v) is 4.68. The second kappa shape index (κ2) is 8.54. The molecule has 6 heteroatoms. The number of aryl methyl sites for hydroxylation is 1. The number of halogens is 3. The lowest BCUT2D eigenvalue weighted by atomic mass is 10.1. The molecule has 2 aromatic rings. The predicted molar refractivity (Wildman–Crippen MR) is 106 cm³/mol. The van der Waals surface area contributed by atoms with Crippen molar-refractivity contribution < 1.29 is 4.39 Å². The minimum Gasteiger partial charge on any atom is -0.370 e. The molecule has 0 amide bonds. The van der Waals surface area contributed by atoms with Gasteiger partial charge in [0.05, 0.1) is 17.0 Å². The molecule has 0 aromatic heterocycles. The van der Waals surface area contributed by atoms with Crippen molar-refractivity contribution in [2.75, 3.05) is 25.5 Å². The number of rotatable bonds is 6. The molecule has 0 fully saturated rings. The van der Waals surface area contributed by atoms with Crippen LogP contribution in [0, 0.1) is 12.7 Å². The van der Waals surface area contributed by atoms with Gasteiger partial charge in [0.15, 0.2) is 0 Å². The van der Waals surface area contributed by atoms with E-state index >= 15 is 0 Å². The van der Waals surface area contributed by atoms with Crippen LogP contribution in [-0.4, -0.2) is 31.9 Å². The summed E-state index contributed by atoms with van der Waals surface area (Å²) in [5.41, 5.74) is 3.09. The van der Waals surface area contributed by atoms with Crippen LogP contribution in [0.5, 0.6) is 0 Å². The van der Waals surface area contributed by atoms with Crippen LogP contribution >= 0.6 is 23.2 Å². The Bertz CT molecular complexity index is 757. The van der Waals surface area contributed by atoms with Crippen molar-refractivity contribution >= 4 is 40.9 Å². The Balaban J connectivity index is 2.27. The van der Waals surface area contributed by atoms with E-state index in [1.807, 2.05) is 49.9 Å². The molecule has 2 rings (SSSR count). The zero-order valence-corrected chi connectivity index (χ0v) is 16.4. The lowest BCUT2D eigenvalue weighted by Gasteiger charge is -2.23. The Labute approximate surface area is 158 Å². The Morgan fingerprint density at radius 1 is 1.16 bits per heavy atom. The first-order valence-electron chi connectivity index (χ1n) is 8.02. The standard InChI is InChI=1S/C19H22Cl2FN3/c1-5-24(3)12-23-18-9-13(2)19(10-16(18)21)25(4)11-14-15(20)7-6-8-17(14)22/h6-10,12H,5,11H2,1-4H3/b23-12-. The summed E-state index contributed by atoms with van der Waals surface area (Å²) in [7, 11) is 3.83. The number of hydrogen-bond donors (Lipinski definition) is 0. The van der Waals surface area contributed by atoms with Gasteiger partial charge in [-0.1, -0.05) is 29.3 Å². The van der Waals surface area contributed by atoms with E-state index < -0.39 is 0 Å². The molecule has 0 saturated carbocycles. The first-order valence-corrected chi connectivity index (χ1v) is 8.77. The molecule has 0 atom stereocenters. The summed E-state index contributed by atoms with van der Waals surface area (Å²) in [6.45, 7) is 5.24. The number of anilines is 1. The van der Waals surface area contributed by atoms with Crippen LogP contribution in [0.1, 0.15) is 18.1 Å². The van der Waals surface area contributed by atoms with Crippen LogP contribution in [0.25, 0.3) is 0 Å². The van der Waals surface area contributed by atoms with Crippen molar-refractivity contribution in [3.05, 3.63) is 57.3 Å². The van der Waals surface area contributed by atoms with Crippen molar-refractivity contribution in [2.45, 2.75) is 20.4 Å². The minimum absolute atomic E-state index is 0.313. The topological polar surface area (TPSA) is 18.8 Å². The van der Waals surface area contributed by atoms with E-state index in [-0.39, 0.29) is 5.82 Å². The fourth-order valence-corrected chi connectivity index (χ4v) is 2.84. The third-order valence-electron chi connectivity index (χ3n) is 4.03. The number of nitrogens with zero attached hydrogens (tertiary/aromatic N) is 3. The van der Waals surface area contributed by atoms with Crippen LogP contribution in [0.15, 0.2) is 35.3 Å². The summed E-state index contributed by atoms with van der Waals surface area (Å²) in [5, 5.41) is 0.965. The van der Waals surface area contributed by atoms with Crippen molar-refractivity contribution in [3.8, 4) is 0 Å². The molecular weight excluding hydrogens is 360 g/mol. The van der Waals surface area contributed by atoms with Crippen LogP contribution < -0.4 is 4.90 Å². The van der Waals surface area contributed by atoms with Gasteiger partial charge in [-0.25, -0.2) is 9.38 Å². The quantitative estimate of drug-likeness (QED) is 0.472. The molecule has 0 heterocycles. The minimum atomic E-state index is -0.313. The van der Waals surface area contributed by atoms with Gasteiger partial charge in [0.1, 0.15) is 5.82 Å². The van der Waals surface area contributed by atoms with Crippen LogP contribution in [0.3, 0.4) is 0 Å². The highest BCUT2D eigenvalue weighted by Crippen LogP contribution is 2.33. The molecular formula is C19H22Cl2FN3. The zero-order chi connectivity index (χ0) is 18.6. The average Bonchev–Trinajstić information content (AvgIpc) is 2.58. The highest BCUT2D eigenvalue weighted by atomic mass is 35.5. The molecule has 25 heavy (non-hydrogen) atoms. The maximum Gasteiger partial charge on any atom is 0.129 e. The van der Waals surface area contributed by atoms with E-state index in [0.717, 1.165) is 17.8 Å². The molecule has 2 aromatic carbocycles. The summed E-state index contributed by atoms with van der Waals surface area (Å²) in [4.78, 5) is 8.31. The Kier molecular flexibility index (Phi) is 6.68. The van der Waals surface area contributed by atoms with Gasteiger partial charge < -0.3 is 9.80 Å². The third kappa shape index (κ3) is 4.86. The lowest BCUT2D eigenvalue weighted by Crippen LogP contribution is -2.18. The summed E-state index contributed by atoms with van der Waals surface area (Å²) in [6, 6.07) is 8.48. The maximum atomic E-state index is 14.0. The van der Waals surface area contributed by atoms with E-state index in [1.54, 1.807) is 18.5 Å². The lowest BCUT2D eigenvalue weighted by molar-refractivity contribution is 0.552. The average molecular weight is 382 g/mol. The Morgan fingerprint density at radius 3 is 2.52 bits per heavy atom. The second-order valence-corrected chi connectivity index (χ2v) is 6.78. The monoisotopic (exact) mass is 381 g/mol. The highest BCUT2D eigenvalue weighted by Gasteiger charge is 2.13. The van der Waals surface area contributed by atoms with E-state index in [1.165, 1.54) is 6.07 Å². The van der Waals surface area contributed by atoms with Gasteiger partial charge in [-0.2, -0.15) is 0 Å². The van der Waals surface area contributed by atoms with E-state index in [0.29, 0.717) is 27.8 Å². The summed E-state index contributed by atoms with van der Waals surface area (Å²) >= 11 is 12.5. The first-order chi connectivity index (χ1) is 11.8. The van der Waals surface area contributed by atoms with Gasteiger partial charge in [0, 0.05) is 43.5 Å². The molecule has 0 N–H and O–H groups in total. The van der Waals surface area contributed by atoms with Gasteiger partial charge in [-0.05, 0) is 43.7 Å². The molecule has 0 radical (unpaired) electrons. The van der Waals surface area contributed by atoms with E-state index in [4.69, 9.17) is 23.2 Å². The van der Waals surface area contributed by atoms with Gasteiger partial charge in [0.2, 0.25) is 0 Å². The normalized spacial score (nSPS) is 11.2. The van der Waals surface area contributed by atoms with E-state index in [2.05, 4.69) is 4.99 Å². The number of hydrogen-bond acceptors (Lipinski definition) is 2. The molecule has 0 aliphatic rings. The molecule has 0 aliphatic heterocycles. The fraction of sp³-hybridized carbons (Fsp3) is 0.316. The molecule has 3 nitrogen and oxygen atoms in total. The number of aliphatic imine (C=N–C) groups is 1. The van der Waals surface area contributed by atoms with Gasteiger partial charge in [-0.15, -0.1) is 0 Å². The Hall–Kier alpha value is -1.78. The van der Waals surface area contributed by atoms with Crippen molar-refractivity contribution in [2.24, 2.45) is 4.99 Å².